The molecule has 0 unspecified atom stereocenters. The van der Waals surface area contributed by atoms with Crippen LogP contribution in [0, 0.1) is 0 Å². The highest BCUT2D eigenvalue weighted by Crippen LogP contribution is 2.27. The van der Waals surface area contributed by atoms with Gasteiger partial charge >= 0.3 is 5.97 Å². The number of carboxylic acid groups (broad SMARTS) is 1. The summed E-state index contributed by atoms with van der Waals surface area (Å²) in [5, 5.41) is 9.30. The zero-order valence-corrected chi connectivity index (χ0v) is 11.3. The molecule has 0 saturated heterocycles. The van der Waals surface area contributed by atoms with E-state index in [1.165, 1.54) is 11.5 Å². The maximum atomic E-state index is 10.8. The van der Waals surface area contributed by atoms with Crippen molar-refractivity contribution in [2.45, 2.75) is 26.2 Å². The topological polar surface area (TPSA) is 72.3 Å². The van der Waals surface area contributed by atoms with E-state index in [0.29, 0.717) is 16.5 Å². The van der Waals surface area contributed by atoms with Crippen LogP contribution >= 0.6 is 11.5 Å². The number of carbonyl (C=O) groups is 1. The molecule has 2 rings (SSSR count). The van der Waals surface area contributed by atoms with E-state index in [0.717, 1.165) is 18.7 Å². The van der Waals surface area contributed by atoms with Gasteiger partial charge in [-0.1, -0.05) is 25.1 Å². The Morgan fingerprint density at radius 3 is 2.95 bits per heavy atom. The number of nitrogens with zero attached hydrogens (tertiary/aromatic N) is 2. The van der Waals surface area contributed by atoms with Crippen LogP contribution < -0.4 is 4.74 Å². The fraction of sp³-hybridized carbons (Fsp3) is 0.308. The van der Waals surface area contributed by atoms with Crippen molar-refractivity contribution >= 4 is 17.5 Å². The number of benzene rings is 1. The number of aromatic nitrogens is 2. The molecule has 0 aliphatic heterocycles. The predicted molar refractivity (Wildman–Crippen MR) is 71.8 cm³/mol. The van der Waals surface area contributed by atoms with Crippen LogP contribution in [0.3, 0.4) is 0 Å². The summed E-state index contributed by atoms with van der Waals surface area (Å²) in [5.74, 6) is 0.391. The van der Waals surface area contributed by atoms with Crippen molar-refractivity contribution in [3.63, 3.8) is 0 Å². The second kappa shape index (κ2) is 6.29. The van der Waals surface area contributed by atoms with Crippen molar-refractivity contribution in [1.82, 2.24) is 9.36 Å². The van der Waals surface area contributed by atoms with Gasteiger partial charge in [0.15, 0.2) is 0 Å². The van der Waals surface area contributed by atoms with Gasteiger partial charge < -0.3 is 9.84 Å². The van der Waals surface area contributed by atoms with E-state index in [1.54, 1.807) is 24.3 Å². The molecule has 1 heterocycles. The summed E-state index contributed by atoms with van der Waals surface area (Å²) in [6.07, 6.45) is 1.72. The summed E-state index contributed by atoms with van der Waals surface area (Å²) in [6, 6.07) is 7.05. The fourth-order valence-electron chi connectivity index (χ4n) is 1.61. The number of aryl methyl sites for hydroxylation is 1. The van der Waals surface area contributed by atoms with Crippen LogP contribution in [0.15, 0.2) is 24.3 Å². The van der Waals surface area contributed by atoms with Gasteiger partial charge in [0.1, 0.15) is 11.6 Å². The lowest BCUT2D eigenvalue weighted by Crippen LogP contribution is -2.01. The van der Waals surface area contributed by atoms with Crippen LogP contribution in [-0.2, 0) is 17.6 Å². The average Bonchev–Trinajstić information content (AvgIpc) is 2.79. The van der Waals surface area contributed by atoms with Crippen LogP contribution in [0.4, 0.5) is 0 Å². The number of rotatable bonds is 6. The smallest absolute Gasteiger partial charge is 0.307 e. The van der Waals surface area contributed by atoms with Crippen molar-refractivity contribution in [3.8, 4) is 10.9 Å². The highest BCUT2D eigenvalue weighted by molar-refractivity contribution is 7.07. The quantitative estimate of drug-likeness (QED) is 0.879. The number of hydrogen-bond donors (Lipinski definition) is 1. The molecule has 2 aromatic rings. The molecular formula is C13H14N2O3S. The molecule has 0 amide bonds. The second-order valence-corrected chi connectivity index (χ2v) is 4.72. The number of hydrogen-bond acceptors (Lipinski definition) is 5. The van der Waals surface area contributed by atoms with Crippen LogP contribution in [0.1, 0.15) is 24.7 Å². The molecule has 19 heavy (non-hydrogen) atoms. The van der Waals surface area contributed by atoms with Gasteiger partial charge in [-0.2, -0.15) is 9.36 Å². The summed E-state index contributed by atoms with van der Waals surface area (Å²) in [4.78, 5) is 15.0. The van der Waals surface area contributed by atoms with Gasteiger partial charge in [-0.3, -0.25) is 4.79 Å². The minimum atomic E-state index is -0.889. The van der Waals surface area contributed by atoms with Crippen LogP contribution in [-0.4, -0.2) is 20.4 Å². The monoisotopic (exact) mass is 278 g/mol. The van der Waals surface area contributed by atoms with E-state index in [9.17, 15) is 4.79 Å². The van der Waals surface area contributed by atoms with E-state index in [2.05, 4.69) is 16.3 Å². The summed E-state index contributed by atoms with van der Waals surface area (Å²) in [5.41, 5.74) is 0.627. The molecule has 0 bridgehead atoms. The summed E-state index contributed by atoms with van der Waals surface area (Å²) in [6.45, 7) is 2.06. The van der Waals surface area contributed by atoms with Gasteiger partial charge in [-0.25, -0.2) is 0 Å². The first kappa shape index (κ1) is 13.5. The SMILES string of the molecule is CCCc1nsc(Oc2ccccc2CC(=O)O)n1. The largest absolute Gasteiger partial charge is 0.481 e. The molecule has 0 aliphatic carbocycles. The van der Waals surface area contributed by atoms with E-state index >= 15 is 0 Å². The fourth-order valence-corrected chi connectivity index (χ4v) is 2.20. The molecule has 6 heteroatoms. The van der Waals surface area contributed by atoms with Crippen molar-refractivity contribution < 1.29 is 14.6 Å². The zero-order valence-electron chi connectivity index (χ0n) is 10.5. The molecule has 1 aromatic carbocycles. The van der Waals surface area contributed by atoms with Crippen molar-refractivity contribution in [2.24, 2.45) is 0 Å². The Morgan fingerprint density at radius 2 is 2.21 bits per heavy atom. The summed E-state index contributed by atoms with van der Waals surface area (Å²) < 4.78 is 9.80. The van der Waals surface area contributed by atoms with E-state index < -0.39 is 5.97 Å². The molecule has 1 aromatic heterocycles. The van der Waals surface area contributed by atoms with Gasteiger partial charge in [0.25, 0.3) is 5.19 Å². The number of para-hydroxylation sites is 1. The Balaban J connectivity index is 2.15. The van der Waals surface area contributed by atoms with Crippen LogP contribution in [0.5, 0.6) is 10.9 Å². The minimum absolute atomic E-state index is 0.0726. The maximum Gasteiger partial charge on any atom is 0.307 e. The third kappa shape index (κ3) is 3.75. The Labute approximate surface area is 115 Å². The summed E-state index contributed by atoms with van der Waals surface area (Å²) >= 11 is 1.18. The first-order valence-corrected chi connectivity index (χ1v) is 6.76. The van der Waals surface area contributed by atoms with E-state index in [-0.39, 0.29) is 6.42 Å². The van der Waals surface area contributed by atoms with Gasteiger partial charge in [-0.15, -0.1) is 0 Å². The Hall–Kier alpha value is -1.95. The van der Waals surface area contributed by atoms with Gasteiger partial charge in [0.05, 0.1) is 6.42 Å². The second-order valence-electron chi connectivity index (χ2n) is 4.01. The first-order chi connectivity index (χ1) is 9.19. The Morgan fingerprint density at radius 1 is 1.42 bits per heavy atom. The van der Waals surface area contributed by atoms with E-state index in [4.69, 9.17) is 9.84 Å². The lowest BCUT2D eigenvalue weighted by atomic mass is 10.1. The van der Waals surface area contributed by atoms with Crippen molar-refractivity contribution in [1.29, 1.82) is 0 Å². The molecule has 0 saturated carbocycles. The number of ether oxygens (including phenoxy) is 1. The standard InChI is InChI=1S/C13H14N2O3S/c1-2-5-11-14-13(19-15-11)18-10-7-4-3-6-9(10)8-12(16)17/h3-4,6-7H,2,5,8H2,1H3,(H,16,17). The molecule has 0 fully saturated rings. The van der Waals surface area contributed by atoms with Crippen molar-refractivity contribution in [3.05, 3.63) is 35.7 Å². The minimum Gasteiger partial charge on any atom is -0.481 e. The molecule has 0 spiro atoms. The van der Waals surface area contributed by atoms with Crippen molar-refractivity contribution in [2.75, 3.05) is 0 Å². The lowest BCUT2D eigenvalue weighted by Gasteiger charge is -2.06. The lowest BCUT2D eigenvalue weighted by molar-refractivity contribution is -0.136. The highest BCUT2D eigenvalue weighted by atomic mass is 32.1. The highest BCUT2D eigenvalue weighted by Gasteiger charge is 2.11. The third-order valence-electron chi connectivity index (χ3n) is 2.43. The molecular weight excluding hydrogens is 264 g/mol. The summed E-state index contributed by atoms with van der Waals surface area (Å²) in [7, 11) is 0. The van der Waals surface area contributed by atoms with Crippen LogP contribution in [0.25, 0.3) is 0 Å². The zero-order chi connectivity index (χ0) is 13.7. The van der Waals surface area contributed by atoms with Gasteiger partial charge in [-0.05, 0) is 12.5 Å². The molecule has 0 aliphatic rings. The Kier molecular flexibility index (Phi) is 4.46. The molecule has 1 N–H and O–H groups in total. The van der Waals surface area contributed by atoms with E-state index in [1.807, 2.05) is 0 Å². The average molecular weight is 278 g/mol. The predicted octanol–water partition coefficient (Wildman–Crippen LogP) is 2.91. The normalized spacial score (nSPS) is 10.4. The maximum absolute atomic E-state index is 10.8. The molecule has 100 valence electrons. The molecule has 5 nitrogen and oxygen atoms in total. The Bertz CT molecular complexity index is 569. The van der Waals surface area contributed by atoms with Gasteiger partial charge in [0, 0.05) is 23.5 Å². The number of carboxylic acids is 1. The van der Waals surface area contributed by atoms with Crippen LogP contribution in [0.2, 0.25) is 0 Å². The molecule has 0 radical (unpaired) electrons. The number of aliphatic carboxylic acids is 1. The van der Waals surface area contributed by atoms with Gasteiger partial charge in [0.2, 0.25) is 0 Å². The molecule has 0 atom stereocenters. The third-order valence-corrected chi connectivity index (χ3v) is 3.07. The first-order valence-electron chi connectivity index (χ1n) is 5.99.